The predicted molar refractivity (Wildman–Crippen MR) is 88.5 cm³/mol. The first-order chi connectivity index (χ1) is 9.54. The lowest BCUT2D eigenvalue weighted by Gasteiger charge is -2.28. The minimum Gasteiger partial charge on any atom is -0.397 e. The zero-order chi connectivity index (χ0) is 14.6. The highest BCUT2D eigenvalue weighted by atomic mass is 14.9. The van der Waals surface area contributed by atoms with E-state index in [2.05, 4.69) is 44.3 Å². The summed E-state index contributed by atoms with van der Waals surface area (Å²) in [5.74, 6) is 0. The molecule has 0 fully saturated rings. The molecule has 2 nitrogen and oxygen atoms in total. The van der Waals surface area contributed by atoms with Crippen molar-refractivity contribution in [2.75, 3.05) is 11.1 Å². The molecule has 106 valence electrons. The lowest BCUT2D eigenvalue weighted by atomic mass is 9.79. The largest absolute Gasteiger partial charge is 0.397 e. The molecule has 0 aliphatic rings. The van der Waals surface area contributed by atoms with Crippen molar-refractivity contribution < 1.29 is 0 Å². The number of nitrogens with one attached hydrogen (secondary N) is 1. The average Bonchev–Trinajstić information content (AvgIpc) is 2.42. The lowest BCUT2D eigenvalue weighted by Crippen LogP contribution is -2.19. The molecule has 0 aliphatic heterocycles. The number of anilines is 3. The first kappa shape index (κ1) is 14.4. The van der Waals surface area contributed by atoms with E-state index in [1.807, 2.05) is 30.3 Å². The highest BCUT2D eigenvalue weighted by Gasteiger charge is 2.23. The van der Waals surface area contributed by atoms with E-state index in [1.54, 1.807) is 0 Å². The van der Waals surface area contributed by atoms with Gasteiger partial charge in [0.05, 0.1) is 11.4 Å². The summed E-state index contributed by atoms with van der Waals surface area (Å²) in [6, 6.07) is 16.4. The van der Waals surface area contributed by atoms with Crippen LogP contribution in [0.2, 0.25) is 0 Å². The van der Waals surface area contributed by atoms with Crippen LogP contribution in [0.25, 0.3) is 0 Å². The minimum absolute atomic E-state index is 0.112. The third-order valence-electron chi connectivity index (χ3n) is 3.74. The van der Waals surface area contributed by atoms with Crippen LogP contribution in [0, 0.1) is 0 Å². The summed E-state index contributed by atoms with van der Waals surface area (Å²) in [5, 5.41) is 3.48. The van der Waals surface area contributed by atoms with Crippen LogP contribution in [0.5, 0.6) is 0 Å². The van der Waals surface area contributed by atoms with Gasteiger partial charge in [0.25, 0.3) is 0 Å². The van der Waals surface area contributed by atoms with Gasteiger partial charge in [-0.3, -0.25) is 0 Å². The molecule has 0 spiro atoms. The Labute approximate surface area is 122 Å². The zero-order valence-corrected chi connectivity index (χ0v) is 12.6. The Morgan fingerprint density at radius 1 is 1.00 bits per heavy atom. The molecule has 0 radical (unpaired) electrons. The van der Waals surface area contributed by atoms with Crippen molar-refractivity contribution in [3.63, 3.8) is 0 Å². The van der Waals surface area contributed by atoms with Crippen LogP contribution >= 0.6 is 0 Å². The molecule has 20 heavy (non-hydrogen) atoms. The summed E-state index contributed by atoms with van der Waals surface area (Å²) in [4.78, 5) is 0. The maximum Gasteiger partial charge on any atom is 0.0655 e. The summed E-state index contributed by atoms with van der Waals surface area (Å²) in [5.41, 5.74) is 10.5. The fourth-order valence-electron chi connectivity index (χ4n) is 2.70. The SMILES string of the molecule is CCCC(C)(C)c1cccc(N)c1Nc1ccccc1. The highest BCUT2D eigenvalue weighted by molar-refractivity contribution is 5.77. The molecule has 0 saturated heterocycles. The van der Waals surface area contributed by atoms with Crippen LogP contribution in [0.15, 0.2) is 48.5 Å². The molecular formula is C18H24N2. The molecule has 2 rings (SSSR count). The second kappa shape index (κ2) is 6.00. The zero-order valence-electron chi connectivity index (χ0n) is 12.6. The molecule has 0 aliphatic carbocycles. The summed E-state index contributed by atoms with van der Waals surface area (Å²) < 4.78 is 0. The second-order valence-corrected chi connectivity index (χ2v) is 5.89. The maximum atomic E-state index is 6.20. The van der Waals surface area contributed by atoms with Crippen molar-refractivity contribution in [1.82, 2.24) is 0 Å². The summed E-state index contributed by atoms with van der Waals surface area (Å²) >= 11 is 0. The first-order valence-electron chi connectivity index (χ1n) is 7.25. The van der Waals surface area contributed by atoms with Gasteiger partial charge >= 0.3 is 0 Å². The Hall–Kier alpha value is -1.96. The second-order valence-electron chi connectivity index (χ2n) is 5.89. The van der Waals surface area contributed by atoms with Gasteiger partial charge in [-0.1, -0.05) is 57.5 Å². The van der Waals surface area contributed by atoms with Gasteiger partial charge in [0.2, 0.25) is 0 Å². The standard InChI is InChI=1S/C18H24N2/c1-4-13-18(2,3)15-11-8-12-16(19)17(15)20-14-9-6-5-7-10-14/h5-12,20H,4,13,19H2,1-3H3. The average molecular weight is 268 g/mol. The van der Waals surface area contributed by atoms with E-state index < -0.39 is 0 Å². The maximum absolute atomic E-state index is 6.20. The van der Waals surface area contributed by atoms with Crippen molar-refractivity contribution in [2.45, 2.75) is 39.0 Å². The number of nitrogen functional groups attached to an aromatic ring is 1. The van der Waals surface area contributed by atoms with Crippen molar-refractivity contribution in [3.05, 3.63) is 54.1 Å². The third-order valence-corrected chi connectivity index (χ3v) is 3.74. The lowest BCUT2D eigenvalue weighted by molar-refractivity contribution is 0.475. The fraction of sp³-hybridized carbons (Fsp3) is 0.333. The normalized spacial score (nSPS) is 11.3. The number of para-hydroxylation sites is 2. The van der Waals surface area contributed by atoms with Gasteiger partial charge in [-0.15, -0.1) is 0 Å². The highest BCUT2D eigenvalue weighted by Crippen LogP contribution is 2.38. The number of rotatable bonds is 5. The number of nitrogens with two attached hydrogens (primary N) is 1. The van der Waals surface area contributed by atoms with Crippen LogP contribution in [0.1, 0.15) is 39.2 Å². The Morgan fingerprint density at radius 3 is 2.35 bits per heavy atom. The van der Waals surface area contributed by atoms with E-state index in [4.69, 9.17) is 5.73 Å². The van der Waals surface area contributed by atoms with Gasteiger partial charge in [-0.2, -0.15) is 0 Å². The van der Waals surface area contributed by atoms with Crippen molar-refractivity contribution in [2.24, 2.45) is 0 Å². The predicted octanol–water partition coefficient (Wildman–Crippen LogP) is 5.09. The molecule has 2 aromatic rings. The minimum atomic E-state index is 0.112. The molecule has 0 amide bonds. The Kier molecular flexibility index (Phi) is 4.33. The molecule has 0 bridgehead atoms. The molecule has 0 atom stereocenters. The van der Waals surface area contributed by atoms with E-state index in [9.17, 15) is 0 Å². The molecule has 0 heterocycles. The topological polar surface area (TPSA) is 38.0 Å². The Bertz CT molecular complexity index is 559. The molecule has 0 unspecified atom stereocenters. The summed E-state index contributed by atoms with van der Waals surface area (Å²) in [6.45, 7) is 6.78. The van der Waals surface area contributed by atoms with Crippen LogP contribution in [-0.4, -0.2) is 0 Å². The third kappa shape index (κ3) is 3.13. The van der Waals surface area contributed by atoms with Crippen LogP contribution in [-0.2, 0) is 5.41 Å². The molecule has 3 N–H and O–H groups in total. The summed E-state index contributed by atoms with van der Waals surface area (Å²) in [6.07, 6.45) is 2.30. The molecule has 0 aromatic heterocycles. The van der Waals surface area contributed by atoms with Gasteiger partial charge in [0.15, 0.2) is 0 Å². The molecule has 2 heteroatoms. The number of benzene rings is 2. The van der Waals surface area contributed by atoms with Crippen LogP contribution in [0.4, 0.5) is 17.1 Å². The fourth-order valence-corrected chi connectivity index (χ4v) is 2.70. The van der Waals surface area contributed by atoms with Crippen LogP contribution < -0.4 is 11.1 Å². The smallest absolute Gasteiger partial charge is 0.0655 e. The first-order valence-corrected chi connectivity index (χ1v) is 7.25. The molecular weight excluding hydrogens is 244 g/mol. The van der Waals surface area contributed by atoms with E-state index in [0.29, 0.717) is 0 Å². The van der Waals surface area contributed by atoms with Crippen LogP contribution in [0.3, 0.4) is 0 Å². The molecule has 0 saturated carbocycles. The van der Waals surface area contributed by atoms with Gasteiger partial charge in [-0.05, 0) is 35.6 Å². The van der Waals surface area contributed by atoms with Crippen molar-refractivity contribution >= 4 is 17.1 Å². The van der Waals surface area contributed by atoms with Gasteiger partial charge < -0.3 is 11.1 Å². The Balaban J connectivity index is 2.41. The van der Waals surface area contributed by atoms with Crippen molar-refractivity contribution in [3.8, 4) is 0 Å². The van der Waals surface area contributed by atoms with Gasteiger partial charge in [0.1, 0.15) is 0 Å². The van der Waals surface area contributed by atoms with E-state index in [0.717, 1.165) is 29.9 Å². The monoisotopic (exact) mass is 268 g/mol. The van der Waals surface area contributed by atoms with Gasteiger partial charge in [0, 0.05) is 5.69 Å². The summed E-state index contributed by atoms with van der Waals surface area (Å²) in [7, 11) is 0. The number of hydrogen-bond donors (Lipinski definition) is 2. The van der Waals surface area contributed by atoms with E-state index in [1.165, 1.54) is 5.56 Å². The van der Waals surface area contributed by atoms with Gasteiger partial charge in [-0.25, -0.2) is 0 Å². The number of hydrogen-bond acceptors (Lipinski definition) is 2. The Morgan fingerprint density at radius 2 is 1.70 bits per heavy atom. The van der Waals surface area contributed by atoms with Crippen molar-refractivity contribution in [1.29, 1.82) is 0 Å². The molecule has 2 aromatic carbocycles. The van der Waals surface area contributed by atoms with E-state index >= 15 is 0 Å². The van der Waals surface area contributed by atoms with E-state index in [-0.39, 0.29) is 5.41 Å². The quantitative estimate of drug-likeness (QED) is 0.741.